The van der Waals surface area contributed by atoms with Gasteiger partial charge in [0.25, 0.3) is 5.91 Å². The summed E-state index contributed by atoms with van der Waals surface area (Å²) < 4.78 is 5.83. The molecule has 0 saturated carbocycles. The highest BCUT2D eigenvalue weighted by molar-refractivity contribution is 7.14. The number of aryl methyl sites for hydroxylation is 2. The predicted octanol–water partition coefficient (Wildman–Crippen LogP) is 3.84. The monoisotopic (exact) mass is 396 g/mol. The number of carbonyl (C=O) groups excluding carboxylic acids is 2. The normalized spacial score (nSPS) is 10.4. The van der Waals surface area contributed by atoms with Crippen molar-refractivity contribution < 1.29 is 14.3 Å². The first-order valence-corrected chi connectivity index (χ1v) is 9.50. The molecule has 2 aromatic heterocycles. The smallest absolute Gasteiger partial charge is 0.271 e. The summed E-state index contributed by atoms with van der Waals surface area (Å²) in [6.45, 7) is 5.69. The molecule has 0 atom stereocenters. The lowest BCUT2D eigenvalue weighted by Gasteiger charge is -2.09. The maximum atomic E-state index is 12.2. The highest BCUT2D eigenvalue weighted by Crippen LogP contribution is 2.24. The molecule has 3 rings (SSSR count). The van der Waals surface area contributed by atoms with Crippen molar-refractivity contribution in [3.8, 4) is 11.6 Å². The number of amides is 2. The summed E-state index contributed by atoms with van der Waals surface area (Å²) in [5.41, 5.74) is 3.24. The van der Waals surface area contributed by atoms with E-state index in [2.05, 4.69) is 20.6 Å². The molecule has 0 fully saturated rings. The van der Waals surface area contributed by atoms with Crippen LogP contribution in [0.25, 0.3) is 0 Å². The Labute approximate surface area is 166 Å². The minimum Gasteiger partial charge on any atom is -0.439 e. The molecule has 0 spiro atoms. The van der Waals surface area contributed by atoms with Gasteiger partial charge in [0.05, 0.1) is 0 Å². The van der Waals surface area contributed by atoms with Gasteiger partial charge in [0, 0.05) is 31.1 Å². The lowest BCUT2D eigenvalue weighted by Crippen LogP contribution is -2.23. The topological polar surface area (TPSA) is 93.2 Å². The number of nitrogens with one attached hydrogen (secondary N) is 2. The van der Waals surface area contributed by atoms with Crippen molar-refractivity contribution in [1.82, 2.24) is 15.3 Å². The van der Waals surface area contributed by atoms with Crippen molar-refractivity contribution in [3.05, 3.63) is 64.3 Å². The molecule has 1 aromatic carbocycles. The van der Waals surface area contributed by atoms with Gasteiger partial charge in [0.2, 0.25) is 11.8 Å². The average molecular weight is 396 g/mol. The molecule has 0 bridgehead atoms. The summed E-state index contributed by atoms with van der Waals surface area (Å²) in [4.78, 5) is 31.6. The van der Waals surface area contributed by atoms with Crippen LogP contribution >= 0.6 is 11.3 Å². The van der Waals surface area contributed by atoms with Gasteiger partial charge in [-0.2, -0.15) is 0 Å². The molecular formula is C20H20N4O3S. The Morgan fingerprint density at radius 3 is 2.71 bits per heavy atom. The Hall–Kier alpha value is -3.26. The van der Waals surface area contributed by atoms with Crippen LogP contribution in [0.15, 0.2) is 41.9 Å². The number of nitrogens with zero attached hydrogens (tertiary/aromatic N) is 2. The fourth-order valence-corrected chi connectivity index (χ4v) is 3.10. The van der Waals surface area contributed by atoms with Gasteiger partial charge in [-0.3, -0.25) is 9.59 Å². The molecule has 0 aliphatic heterocycles. The fourth-order valence-electron chi connectivity index (χ4n) is 2.36. The number of hydrogen-bond acceptors (Lipinski definition) is 6. The molecule has 144 valence electrons. The zero-order valence-electron chi connectivity index (χ0n) is 15.8. The van der Waals surface area contributed by atoms with E-state index >= 15 is 0 Å². The molecule has 0 aliphatic carbocycles. The molecule has 3 aromatic rings. The summed E-state index contributed by atoms with van der Waals surface area (Å²) in [6, 6.07) is 9.61. The fraction of sp³-hybridized carbons (Fsp3) is 0.200. The summed E-state index contributed by atoms with van der Waals surface area (Å²) in [5.74, 6) is 0.717. The van der Waals surface area contributed by atoms with Crippen LogP contribution in [0.5, 0.6) is 11.6 Å². The van der Waals surface area contributed by atoms with Crippen LogP contribution < -0.4 is 15.4 Å². The van der Waals surface area contributed by atoms with Crippen LogP contribution in [0.4, 0.5) is 5.13 Å². The minimum absolute atomic E-state index is 0.226. The molecule has 2 N–H and O–H groups in total. The van der Waals surface area contributed by atoms with Crippen LogP contribution in [0.1, 0.15) is 34.1 Å². The van der Waals surface area contributed by atoms with E-state index in [0.717, 1.165) is 22.4 Å². The Balaban J connectivity index is 1.57. The maximum absolute atomic E-state index is 12.2. The molecule has 8 heteroatoms. The van der Waals surface area contributed by atoms with Gasteiger partial charge < -0.3 is 15.4 Å². The molecule has 0 radical (unpaired) electrons. The Morgan fingerprint density at radius 2 is 2.00 bits per heavy atom. The number of carbonyl (C=O) groups is 2. The third-order valence-corrected chi connectivity index (χ3v) is 4.59. The van der Waals surface area contributed by atoms with E-state index in [0.29, 0.717) is 17.6 Å². The van der Waals surface area contributed by atoms with Crippen LogP contribution in [-0.2, 0) is 11.3 Å². The highest BCUT2D eigenvalue weighted by Gasteiger charge is 2.11. The number of hydrogen-bond donors (Lipinski definition) is 2. The van der Waals surface area contributed by atoms with Crippen molar-refractivity contribution in [2.24, 2.45) is 0 Å². The van der Waals surface area contributed by atoms with Gasteiger partial charge in [-0.05, 0) is 36.6 Å². The Bertz CT molecular complexity index is 999. The minimum atomic E-state index is -0.316. The van der Waals surface area contributed by atoms with Gasteiger partial charge in [-0.1, -0.05) is 18.2 Å². The largest absolute Gasteiger partial charge is 0.439 e. The van der Waals surface area contributed by atoms with E-state index in [1.165, 1.54) is 18.3 Å². The molecule has 0 saturated heterocycles. The first-order valence-electron chi connectivity index (χ1n) is 8.62. The second kappa shape index (κ2) is 8.62. The molecule has 7 nitrogen and oxygen atoms in total. The first kappa shape index (κ1) is 19.5. The lowest BCUT2D eigenvalue weighted by molar-refractivity contribution is -0.114. The molecule has 2 amide bonds. The van der Waals surface area contributed by atoms with Gasteiger partial charge >= 0.3 is 0 Å². The average Bonchev–Trinajstić information content (AvgIpc) is 3.12. The molecule has 2 heterocycles. The van der Waals surface area contributed by atoms with Crippen LogP contribution in [0, 0.1) is 13.8 Å². The number of pyridine rings is 1. The van der Waals surface area contributed by atoms with Crippen molar-refractivity contribution in [1.29, 1.82) is 0 Å². The van der Waals surface area contributed by atoms with E-state index in [1.54, 1.807) is 17.6 Å². The van der Waals surface area contributed by atoms with Crippen molar-refractivity contribution >= 4 is 28.3 Å². The van der Waals surface area contributed by atoms with Gasteiger partial charge in [0.15, 0.2) is 5.13 Å². The van der Waals surface area contributed by atoms with Crippen molar-refractivity contribution in [2.45, 2.75) is 27.3 Å². The number of benzene rings is 1. The third-order valence-electron chi connectivity index (χ3n) is 3.83. The number of anilines is 1. The standard InChI is InChI=1S/C20H20N4O3S/c1-12-4-5-13(2)17(8-12)27-18-7-6-15(9-21-18)10-22-19(26)16-11-28-20(24-16)23-14(3)25/h4-9,11H,10H2,1-3H3,(H,22,26)(H,23,24,25). The van der Waals surface area contributed by atoms with Crippen LogP contribution in [0.3, 0.4) is 0 Å². The highest BCUT2D eigenvalue weighted by atomic mass is 32.1. The number of rotatable bonds is 6. The number of ether oxygens (including phenoxy) is 1. The zero-order valence-corrected chi connectivity index (χ0v) is 16.6. The van der Waals surface area contributed by atoms with Gasteiger partial charge in [0.1, 0.15) is 11.4 Å². The van der Waals surface area contributed by atoms with E-state index in [1.807, 2.05) is 38.1 Å². The molecule has 0 unspecified atom stereocenters. The van der Waals surface area contributed by atoms with E-state index in [9.17, 15) is 9.59 Å². The second-order valence-electron chi connectivity index (χ2n) is 6.28. The summed E-state index contributed by atoms with van der Waals surface area (Å²) >= 11 is 1.20. The maximum Gasteiger partial charge on any atom is 0.271 e. The van der Waals surface area contributed by atoms with Crippen LogP contribution in [0.2, 0.25) is 0 Å². The quantitative estimate of drug-likeness (QED) is 0.660. The van der Waals surface area contributed by atoms with Crippen LogP contribution in [-0.4, -0.2) is 21.8 Å². The molecule has 28 heavy (non-hydrogen) atoms. The summed E-state index contributed by atoms with van der Waals surface area (Å²) in [6.07, 6.45) is 1.66. The Kier molecular flexibility index (Phi) is 6.00. The van der Waals surface area contributed by atoms with E-state index < -0.39 is 0 Å². The summed E-state index contributed by atoms with van der Waals surface area (Å²) in [5, 5.41) is 7.32. The van der Waals surface area contributed by atoms with E-state index in [4.69, 9.17) is 4.74 Å². The molecule has 0 aliphatic rings. The lowest BCUT2D eigenvalue weighted by atomic mass is 10.1. The SMILES string of the molecule is CC(=O)Nc1nc(C(=O)NCc2ccc(Oc3cc(C)ccc3C)nc2)cs1. The summed E-state index contributed by atoms with van der Waals surface area (Å²) in [7, 11) is 0. The Morgan fingerprint density at radius 1 is 1.18 bits per heavy atom. The van der Waals surface area contributed by atoms with Crippen molar-refractivity contribution in [2.75, 3.05) is 5.32 Å². The van der Waals surface area contributed by atoms with Crippen molar-refractivity contribution in [3.63, 3.8) is 0 Å². The van der Waals surface area contributed by atoms with E-state index in [-0.39, 0.29) is 17.5 Å². The van der Waals surface area contributed by atoms with Gasteiger partial charge in [-0.15, -0.1) is 11.3 Å². The zero-order chi connectivity index (χ0) is 20.1. The third kappa shape index (κ3) is 5.14. The number of thiazole rings is 1. The number of aromatic nitrogens is 2. The first-order chi connectivity index (χ1) is 13.4. The second-order valence-corrected chi connectivity index (χ2v) is 7.14. The molecular weight excluding hydrogens is 376 g/mol. The predicted molar refractivity (Wildman–Crippen MR) is 108 cm³/mol. The van der Waals surface area contributed by atoms with Gasteiger partial charge in [-0.25, -0.2) is 9.97 Å².